The fourth-order valence-corrected chi connectivity index (χ4v) is 6.84. The number of carbonyl (C=O) groups excluding carboxylic acids is 2. The zero-order valence-corrected chi connectivity index (χ0v) is 24.9. The maximum Gasteiger partial charge on any atom is 0.269 e. The molecule has 1 aromatic rings. The molecule has 9 nitrogen and oxygen atoms in total. The summed E-state index contributed by atoms with van der Waals surface area (Å²) in [5.41, 5.74) is 0.0394. The highest BCUT2D eigenvalue weighted by molar-refractivity contribution is 9.12. The molecule has 1 spiro atoms. The Morgan fingerprint density at radius 2 is 2.00 bits per heavy atom. The first kappa shape index (κ1) is 28.2. The predicted octanol–water partition coefficient (Wildman–Crippen LogP) is 3.81. The molecule has 3 N–H and O–H groups in total. The predicted molar refractivity (Wildman–Crippen MR) is 145 cm³/mol. The van der Waals surface area contributed by atoms with E-state index in [9.17, 15) is 14.7 Å². The van der Waals surface area contributed by atoms with Crippen LogP contribution in [0.25, 0.3) is 0 Å². The molecule has 3 rings (SSSR count). The number of carbonyl (C=O) groups is 2. The summed E-state index contributed by atoms with van der Waals surface area (Å²) in [6.07, 6.45) is 2.61. The van der Waals surface area contributed by atoms with Crippen molar-refractivity contribution in [3.8, 4) is 5.75 Å². The van der Waals surface area contributed by atoms with Gasteiger partial charge in [0.25, 0.3) is 5.91 Å². The van der Waals surface area contributed by atoms with Crippen molar-refractivity contribution in [3.05, 3.63) is 47.4 Å². The van der Waals surface area contributed by atoms with Crippen LogP contribution in [0.5, 0.6) is 5.75 Å². The summed E-state index contributed by atoms with van der Waals surface area (Å²) < 4.78 is 13.7. The molecule has 0 saturated heterocycles. The summed E-state index contributed by atoms with van der Waals surface area (Å²) in [4.78, 5) is 28.5. The van der Waals surface area contributed by atoms with Crippen molar-refractivity contribution in [2.45, 2.75) is 31.0 Å². The number of hydrogen-bond acceptors (Lipinski definition) is 7. The quantitative estimate of drug-likeness (QED) is 0.235. The van der Waals surface area contributed by atoms with E-state index in [0.717, 1.165) is 14.5 Å². The van der Waals surface area contributed by atoms with Crippen LogP contribution in [-0.2, 0) is 25.6 Å². The number of aliphatic hydroxyl groups excluding tert-OH is 1. The average molecular weight is 745 g/mol. The summed E-state index contributed by atoms with van der Waals surface area (Å²) in [6, 6.07) is 3.89. The number of oxime groups is 1. The Morgan fingerprint density at radius 1 is 1.29 bits per heavy atom. The third kappa shape index (κ3) is 6.68. The molecular formula is C22H23Br4N3O6. The second-order valence-electron chi connectivity index (χ2n) is 7.71. The van der Waals surface area contributed by atoms with E-state index in [0.29, 0.717) is 59.4 Å². The van der Waals surface area contributed by atoms with E-state index in [4.69, 9.17) is 14.3 Å². The van der Waals surface area contributed by atoms with Gasteiger partial charge in [0.2, 0.25) is 6.41 Å². The van der Waals surface area contributed by atoms with Crippen LogP contribution >= 0.6 is 63.7 Å². The number of allylic oxidation sites excluding steroid dienone is 1. The molecule has 13 heteroatoms. The highest BCUT2D eigenvalue weighted by Gasteiger charge is 2.50. The molecule has 1 aliphatic carbocycles. The summed E-state index contributed by atoms with van der Waals surface area (Å²) in [5, 5.41) is 20.1. The molecule has 35 heavy (non-hydrogen) atoms. The monoisotopic (exact) mass is 741 g/mol. The molecule has 1 aliphatic heterocycles. The van der Waals surface area contributed by atoms with E-state index in [1.54, 1.807) is 6.08 Å². The Labute approximate surface area is 236 Å². The van der Waals surface area contributed by atoms with Crippen LogP contribution in [0.15, 0.2) is 47.0 Å². The highest BCUT2D eigenvalue weighted by atomic mass is 79.9. The number of ether oxygens (including phenoxy) is 2. The number of rotatable bonds is 11. The van der Waals surface area contributed by atoms with Crippen LogP contribution in [0.2, 0.25) is 0 Å². The van der Waals surface area contributed by atoms with Crippen molar-refractivity contribution in [3.63, 3.8) is 0 Å². The van der Waals surface area contributed by atoms with Crippen LogP contribution in [0.1, 0.15) is 18.4 Å². The van der Waals surface area contributed by atoms with E-state index < -0.39 is 11.7 Å². The maximum atomic E-state index is 12.6. The van der Waals surface area contributed by atoms with Gasteiger partial charge in [-0.2, -0.15) is 0 Å². The standard InChI is InChI=1S/C22H23Br4N3O6/c1-33-19-15(25)9-22(20(31)17(19)26)10-16(29-35-22)21(32)28-4-2-6-34-18-13(23)7-12(8-14(18)24)3-5-27-11-30/h7-9,11,20,31H,2-6,10H2,1H3,(H,27,30)(H,28,32)/t20-,22+/m0/s1. The minimum absolute atomic E-state index is 0.103. The van der Waals surface area contributed by atoms with Crippen molar-refractivity contribution in [2.24, 2.45) is 5.16 Å². The van der Waals surface area contributed by atoms with Crippen molar-refractivity contribution < 1.29 is 29.0 Å². The van der Waals surface area contributed by atoms with Crippen LogP contribution in [0.4, 0.5) is 0 Å². The molecule has 0 saturated carbocycles. The zero-order chi connectivity index (χ0) is 25.6. The third-order valence-corrected chi connectivity index (χ3v) is 7.86. The molecular weight excluding hydrogens is 722 g/mol. The van der Waals surface area contributed by atoms with Crippen molar-refractivity contribution in [1.82, 2.24) is 10.6 Å². The number of hydrogen-bond donors (Lipinski definition) is 3. The molecule has 1 aromatic carbocycles. The molecule has 2 atom stereocenters. The van der Waals surface area contributed by atoms with Crippen molar-refractivity contribution in [2.75, 3.05) is 26.8 Å². The average Bonchev–Trinajstić information content (AvgIpc) is 3.24. The number of nitrogens with zero attached hydrogens (tertiary/aromatic N) is 1. The largest absolute Gasteiger partial charge is 0.495 e. The molecule has 0 bridgehead atoms. The van der Waals surface area contributed by atoms with E-state index in [1.807, 2.05) is 12.1 Å². The third-order valence-electron chi connectivity index (χ3n) is 5.30. The van der Waals surface area contributed by atoms with E-state index in [2.05, 4.69) is 79.5 Å². The lowest BCUT2D eigenvalue weighted by molar-refractivity contribution is -0.115. The van der Waals surface area contributed by atoms with Gasteiger partial charge in [0.15, 0.2) is 5.60 Å². The Kier molecular flexibility index (Phi) is 10.2. The van der Waals surface area contributed by atoms with E-state index >= 15 is 0 Å². The van der Waals surface area contributed by atoms with Gasteiger partial charge in [-0.05, 0) is 100 Å². The Morgan fingerprint density at radius 3 is 2.66 bits per heavy atom. The lowest BCUT2D eigenvalue weighted by atomic mass is 9.87. The molecule has 0 unspecified atom stereocenters. The number of benzene rings is 1. The maximum absolute atomic E-state index is 12.6. The highest BCUT2D eigenvalue weighted by Crippen LogP contribution is 2.44. The number of amides is 2. The normalized spacial score (nSPS) is 21.3. The molecule has 0 fully saturated rings. The van der Waals surface area contributed by atoms with Crippen molar-refractivity contribution in [1.29, 1.82) is 0 Å². The van der Waals surface area contributed by atoms with E-state index in [1.165, 1.54) is 7.11 Å². The molecule has 0 aromatic heterocycles. The van der Waals surface area contributed by atoms with Gasteiger partial charge in [-0.25, -0.2) is 0 Å². The lowest BCUT2D eigenvalue weighted by Crippen LogP contribution is -2.45. The first-order valence-electron chi connectivity index (χ1n) is 10.5. The van der Waals surface area contributed by atoms with Gasteiger partial charge in [0.1, 0.15) is 23.3 Å². The molecule has 190 valence electrons. The molecule has 2 aliphatic rings. The topological polar surface area (TPSA) is 118 Å². The second kappa shape index (κ2) is 12.7. The van der Waals surface area contributed by atoms with Gasteiger partial charge in [-0.1, -0.05) is 5.16 Å². The van der Waals surface area contributed by atoms with Crippen LogP contribution in [0.3, 0.4) is 0 Å². The number of halogens is 4. The summed E-state index contributed by atoms with van der Waals surface area (Å²) in [5.74, 6) is 0.746. The Bertz CT molecular complexity index is 1050. The SMILES string of the molecule is COC1=C(Br)[C@H](O)[C@@]2(C=C1Br)CC(C(=O)NCCCOc1c(Br)cc(CCNC=O)cc1Br)=NO2. The van der Waals surface area contributed by atoms with Gasteiger partial charge in [0.05, 0.1) is 31.6 Å². The minimum Gasteiger partial charge on any atom is -0.495 e. The second-order valence-corrected chi connectivity index (χ2v) is 11.1. The first-order chi connectivity index (χ1) is 16.7. The van der Waals surface area contributed by atoms with Gasteiger partial charge < -0.3 is 30.1 Å². The van der Waals surface area contributed by atoms with E-state index in [-0.39, 0.29) is 18.0 Å². The zero-order valence-electron chi connectivity index (χ0n) is 18.6. The Hall–Kier alpha value is -1.41. The Balaban J connectivity index is 1.46. The number of methoxy groups -OCH3 is 1. The van der Waals surface area contributed by atoms with Crippen LogP contribution in [0, 0.1) is 0 Å². The smallest absolute Gasteiger partial charge is 0.269 e. The lowest BCUT2D eigenvalue weighted by Gasteiger charge is -2.33. The van der Waals surface area contributed by atoms with Gasteiger partial charge in [-0.3, -0.25) is 9.59 Å². The minimum atomic E-state index is -1.19. The fourth-order valence-electron chi connectivity index (χ4n) is 3.54. The molecule has 1 heterocycles. The summed E-state index contributed by atoms with van der Waals surface area (Å²) in [7, 11) is 1.49. The van der Waals surface area contributed by atoms with Gasteiger partial charge in [0, 0.05) is 19.5 Å². The van der Waals surface area contributed by atoms with Crippen LogP contribution < -0.4 is 15.4 Å². The molecule has 0 radical (unpaired) electrons. The fraction of sp³-hybridized carbons (Fsp3) is 0.409. The molecule has 2 amide bonds. The van der Waals surface area contributed by atoms with Crippen molar-refractivity contribution >= 4 is 81.7 Å². The van der Waals surface area contributed by atoms with Gasteiger partial charge >= 0.3 is 0 Å². The number of aliphatic hydroxyl groups is 1. The number of nitrogens with one attached hydrogen (secondary N) is 2. The van der Waals surface area contributed by atoms with Gasteiger partial charge in [-0.15, -0.1) is 0 Å². The van der Waals surface area contributed by atoms with Crippen LogP contribution in [-0.4, -0.2) is 61.6 Å². The summed E-state index contributed by atoms with van der Waals surface area (Å²) in [6.45, 7) is 1.30. The first-order valence-corrected chi connectivity index (χ1v) is 13.7. The summed E-state index contributed by atoms with van der Waals surface area (Å²) >= 11 is 13.8.